The highest BCUT2D eigenvalue weighted by molar-refractivity contribution is 5.89. The summed E-state index contributed by atoms with van der Waals surface area (Å²) >= 11 is 0. The molecule has 21 heavy (non-hydrogen) atoms. The molecular formula is C13H24N4O4. The maximum Gasteiger partial charge on any atom is 0.326 e. The van der Waals surface area contributed by atoms with Gasteiger partial charge in [-0.15, -0.1) is 0 Å². The Morgan fingerprint density at radius 3 is 2.38 bits per heavy atom. The number of nitrogens with two attached hydrogens (primary N) is 1. The number of carbonyl (C=O) groups excluding carboxylic acids is 2. The quantitative estimate of drug-likeness (QED) is 0.454. The van der Waals surface area contributed by atoms with E-state index < -0.39 is 23.5 Å². The average molecular weight is 300 g/mol. The number of hydrogen-bond donors (Lipinski definition) is 4. The maximum atomic E-state index is 12.4. The average Bonchev–Trinajstić information content (AvgIpc) is 2.43. The molecule has 1 unspecified atom stereocenters. The van der Waals surface area contributed by atoms with E-state index in [-0.39, 0.29) is 18.7 Å². The van der Waals surface area contributed by atoms with Crippen molar-refractivity contribution in [3.63, 3.8) is 0 Å². The Bertz CT molecular complexity index is 405. The monoisotopic (exact) mass is 300 g/mol. The lowest BCUT2D eigenvalue weighted by Crippen LogP contribution is -2.61. The van der Waals surface area contributed by atoms with Crippen LogP contribution in [0.4, 0.5) is 0 Å². The van der Waals surface area contributed by atoms with E-state index in [1.165, 1.54) is 0 Å². The third-order valence-electron chi connectivity index (χ3n) is 3.75. The largest absolute Gasteiger partial charge is 0.480 e. The fraction of sp³-hybridized carbons (Fsp3) is 0.769. The van der Waals surface area contributed by atoms with Gasteiger partial charge in [-0.2, -0.15) is 0 Å². The van der Waals surface area contributed by atoms with Crippen molar-refractivity contribution >= 4 is 17.8 Å². The summed E-state index contributed by atoms with van der Waals surface area (Å²) in [7, 11) is 0. The standard InChI is InChI=1S/C13H24N4O4/c1-13(2,17-7-5-15-6-8-17)12(21)16-9(11(19)20)3-4-10(14)18/h9,15H,3-8H2,1-2H3,(H2,14,18)(H,16,21)(H,19,20). The molecule has 0 aliphatic carbocycles. The second-order valence-electron chi connectivity index (χ2n) is 5.67. The lowest BCUT2D eigenvalue weighted by molar-refractivity contribution is -0.144. The minimum atomic E-state index is -1.17. The topological polar surface area (TPSA) is 125 Å². The van der Waals surface area contributed by atoms with Crippen molar-refractivity contribution in [3.05, 3.63) is 0 Å². The van der Waals surface area contributed by atoms with Crippen LogP contribution in [0.5, 0.6) is 0 Å². The maximum absolute atomic E-state index is 12.4. The first-order valence-corrected chi connectivity index (χ1v) is 7.03. The molecule has 0 aromatic heterocycles. The van der Waals surface area contributed by atoms with Gasteiger partial charge in [0.05, 0.1) is 5.54 Å². The predicted octanol–water partition coefficient (Wildman–Crippen LogP) is -1.49. The van der Waals surface area contributed by atoms with E-state index in [4.69, 9.17) is 10.8 Å². The van der Waals surface area contributed by atoms with E-state index in [1.54, 1.807) is 13.8 Å². The number of carboxylic acids is 1. The van der Waals surface area contributed by atoms with E-state index in [0.717, 1.165) is 26.2 Å². The highest BCUT2D eigenvalue weighted by atomic mass is 16.4. The number of hydrogen-bond acceptors (Lipinski definition) is 5. The normalized spacial score (nSPS) is 18.0. The van der Waals surface area contributed by atoms with E-state index in [2.05, 4.69) is 10.6 Å². The van der Waals surface area contributed by atoms with Crippen LogP contribution in [0.1, 0.15) is 26.7 Å². The Balaban J connectivity index is 2.66. The molecule has 120 valence electrons. The molecule has 1 atom stereocenters. The van der Waals surface area contributed by atoms with Gasteiger partial charge in [0.25, 0.3) is 0 Å². The van der Waals surface area contributed by atoms with Gasteiger partial charge in [-0.05, 0) is 20.3 Å². The molecule has 0 aromatic rings. The number of carboxylic acid groups (broad SMARTS) is 1. The summed E-state index contributed by atoms with van der Waals surface area (Å²) < 4.78 is 0. The minimum absolute atomic E-state index is 0.00591. The van der Waals surface area contributed by atoms with Gasteiger partial charge in [-0.1, -0.05) is 0 Å². The van der Waals surface area contributed by atoms with Crippen LogP contribution in [0, 0.1) is 0 Å². The molecular weight excluding hydrogens is 276 g/mol. The SMILES string of the molecule is CC(C)(C(=O)NC(CCC(N)=O)C(=O)O)N1CCNCC1. The molecule has 0 aromatic carbocycles. The lowest BCUT2D eigenvalue weighted by Gasteiger charge is -2.40. The minimum Gasteiger partial charge on any atom is -0.480 e. The lowest BCUT2D eigenvalue weighted by atomic mass is 9.99. The third-order valence-corrected chi connectivity index (χ3v) is 3.75. The number of rotatable bonds is 7. The molecule has 2 amide bonds. The van der Waals surface area contributed by atoms with Gasteiger partial charge in [0.2, 0.25) is 11.8 Å². The van der Waals surface area contributed by atoms with Crippen LogP contribution >= 0.6 is 0 Å². The number of amides is 2. The van der Waals surface area contributed by atoms with Crippen LogP contribution in [-0.2, 0) is 14.4 Å². The predicted molar refractivity (Wildman–Crippen MR) is 76.5 cm³/mol. The molecule has 8 heteroatoms. The second-order valence-corrected chi connectivity index (χ2v) is 5.67. The molecule has 1 aliphatic rings. The number of aliphatic carboxylic acids is 1. The summed E-state index contributed by atoms with van der Waals surface area (Å²) in [6.07, 6.45) is -0.0840. The van der Waals surface area contributed by atoms with E-state index >= 15 is 0 Å². The molecule has 0 bridgehead atoms. The van der Waals surface area contributed by atoms with Crippen LogP contribution in [0.2, 0.25) is 0 Å². The summed E-state index contributed by atoms with van der Waals surface area (Å²) in [6, 6.07) is -1.10. The Hall–Kier alpha value is -1.67. The number of piperazine rings is 1. The van der Waals surface area contributed by atoms with Gasteiger partial charge in [0.1, 0.15) is 6.04 Å². The fourth-order valence-electron chi connectivity index (χ4n) is 2.25. The van der Waals surface area contributed by atoms with E-state index in [9.17, 15) is 14.4 Å². The van der Waals surface area contributed by atoms with Crippen molar-refractivity contribution in [3.8, 4) is 0 Å². The van der Waals surface area contributed by atoms with Crippen LogP contribution < -0.4 is 16.4 Å². The van der Waals surface area contributed by atoms with Gasteiger partial charge >= 0.3 is 5.97 Å². The summed E-state index contributed by atoms with van der Waals surface area (Å²) in [4.78, 5) is 36.3. The zero-order valence-corrected chi connectivity index (χ0v) is 12.5. The smallest absolute Gasteiger partial charge is 0.326 e. The second kappa shape index (κ2) is 7.37. The zero-order valence-electron chi connectivity index (χ0n) is 12.5. The first-order valence-electron chi connectivity index (χ1n) is 7.03. The number of carbonyl (C=O) groups is 3. The number of nitrogens with zero attached hydrogens (tertiary/aromatic N) is 1. The van der Waals surface area contributed by atoms with Crippen molar-refractivity contribution in [2.75, 3.05) is 26.2 Å². The van der Waals surface area contributed by atoms with Crippen molar-refractivity contribution in [2.45, 2.75) is 38.3 Å². The van der Waals surface area contributed by atoms with Crippen molar-refractivity contribution < 1.29 is 19.5 Å². The molecule has 1 heterocycles. The van der Waals surface area contributed by atoms with Crippen LogP contribution in [0.15, 0.2) is 0 Å². The molecule has 5 N–H and O–H groups in total. The molecule has 0 saturated carbocycles. The van der Waals surface area contributed by atoms with Crippen LogP contribution in [0.3, 0.4) is 0 Å². The molecule has 8 nitrogen and oxygen atoms in total. The van der Waals surface area contributed by atoms with E-state index in [1.807, 2.05) is 4.90 Å². The summed E-state index contributed by atoms with van der Waals surface area (Å²) in [6.45, 7) is 6.56. The zero-order chi connectivity index (χ0) is 16.0. The van der Waals surface area contributed by atoms with Crippen molar-refractivity contribution in [2.24, 2.45) is 5.73 Å². The summed E-state index contributed by atoms with van der Waals surface area (Å²) in [5.41, 5.74) is 4.21. The van der Waals surface area contributed by atoms with Gasteiger partial charge in [-0.25, -0.2) is 4.79 Å². The first kappa shape index (κ1) is 17.4. The van der Waals surface area contributed by atoms with Gasteiger partial charge in [0, 0.05) is 32.6 Å². The molecule has 0 spiro atoms. The van der Waals surface area contributed by atoms with Crippen LogP contribution in [-0.4, -0.2) is 65.5 Å². The summed E-state index contributed by atoms with van der Waals surface area (Å²) in [5.74, 6) is -2.11. The van der Waals surface area contributed by atoms with Crippen LogP contribution in [0.25, 0.3) is 0 Å². The van der Waals surface area contributed by atoms with Gasteiger partial charge < -0.3 is 21.5 Å². The van der Waals surface area contributed by atoms with Gasteiger partial charge in [0.15, 0.2) is 0 Å². The van der Waals surface area contributed by atoms with Gasteiger partial charge in [-0.3, -0.25) is 14.5 Å². The Morgan fingerprint density at radius 2 is 1.90 bits per heavy atom. The molecule has 0 radical (unpaired) electrons. The van der Waals surface area contributed by atoms with E-state index in [0.29, 0.717) is 0 Å². The molecule has 1 fully saturated rings. The number of nitrogens with one attached hydrogen (secondary N) is 2. The molecule has 1 saturated heterocycles. The molecule has 1 aliphatic heterocycles. The first-order chi connectivity index (χ1) is 9.75. The van der Waals surface area contributed by atoms with Crippen molar-refractivity contribution in [1.29, 1.82) is 0 Å². The number of primary amides is 1. The fourth-order valence-corrected chi connectivity index (χ4v) is 2.25. The Labute approximate surface area is 124 Å². The highest BCUT2D eigenvalue weighted by Crippen LogP contribution is 2.16. The Morgan fingerprint density at radius 1 is 1.33 bits per heavy atom. The Kier molecular flexibility index (Phi) is 6.10. The third kappa shape index (κ3) is 4.98. The summed E-state index contributed by atoms with van der Waals surface area (Å²) in [5, 5.41) is 14.8. The molecule has 1 rings (SSSR count). The van der Waals surface area contributed by atoms with Crippen molar-refractivity contribution in [1.82, 2.24) is 15.5 Å². The highest BCUT2D eigenvalue weighted by Gasteiger charge is 2.37.